The third kappa shape index (κ3) is 4.95. The fourth-order valence-corrected chi connectivity index (χ4v) is 4.14. The summed E-state index contributed by atoms with van der Waals surface area (Å²) in [5, 5.41) is 10.8. The molecular formula is C19H12Cl2F3N3O4S. The monoisotopic (exact) mass is 505 g/mol. The number of alkyl halides is 3. The molecule has 168 valence electrons. The number of nitrogens with zero attached hydrogens (tertiary/aromatic N) is 2. The summed E-state index contributed by atoms with van der Waals surface area (Å²) >= 11 is 11.4. The number of aryl methyl sites for hydroxylation is 1. The SMILES string of the molecule is Cc1cc(C(=O)c2ncc(Cl)cc2NS(=O)(=O)c2ccc(Cl)c(C(F)(F)F)c2)cc[n+]1[O-]. The van der Waals surface area contributed by atoms with E-state index in [1.165, 1.54) is 19.1 Å². The molecule has 0 amide bonds. The van der Waals surface area contributed by atoms with E-state index in [4.69, 9.17) is 23.2 Å². The van der Waals surface area contributed by atoms with Crippen LogP contribution in [-0.2, 0) is 16.2 Å². The summed E-state index contributed by atoms with van der Waals surface area (Å²) in [6.45, 7) is 1.46. The van der Waals surface area contributed by atoms with Gasteiger partial charge in [0.25, 0.3) is 10.0 Å². The van der Waals surface area contributed by atoms with E-state index in [0.29, 0.717) is 10.8 Å². The summed E-state index contributed by atoms with van der Waals surface area (Å²) in [4.78, 5) is 16.0. The van der Waals surface area contributed by atoms with Crippen molar-refractivity contribution >= 4 is 44.7 Å². The Morgan fingerprint density at radius 3 is 2.47 bits per heavy atom. The van der Waals surface area contributed by atoms with Crippen LogP contribution >= 0.6 is 23.2 Å². The molecule has 0 atom stereocenters. The Kier molecular flexibility index (Phi) is 6.36. The minimum Gasteiger partial charge on any atom is -0.619 e. The van der Waals surface area contributed by atoms with Crippen LogP contribution in [0.25, 0.3) is 0 Å². The molecule has 0 spiro atoms. The lowest BCUT2D eigenvalue weighted by molar-refractivity contribution is -0.612. The maximum Gasteiger partial charge on any atom is 0.417 e. The second-order valence-electron chi connectivity index (χ2n) is 6.51. The normalized spacial score (nSPS) is 11.9. The first-order valence-electron chi connectivity index (χ1n) is 8.59. The van der Waals surface area contributed by atoms with Crippen molar-refractivity contribution in [2.45, 2.75) is 18.0 Å². The van der Waals surface area contributed by atoms with Crippen molar-refractivity contribution in [2.24, 2.45) is 0 Å². The number of carbonyl (C=O) groups is 1. The average Bonchev–Trinajstić information content (AvgIpc) is 2.68. The number of aromatic nitrogens is 2. The van der Waals surface area contributed by atoms with Gasteiger partial charge in [0.1, 0.15) is 5.69 Å². The molecule has 0 unspecified atom stereocenters. The second kappa shape index (κ2) is 8.57. The zero-order valence-electron chi connectivity index (χ0n) is 15.9. The summed E-state index contributed by atoms with van der Waals surface area (Å²) in [7, 11) is -4.60. The highest BCUT2D eigenvalue weighted by Gasteiger charge is 2.34. The molecular weight excluding hydrogens is 494 g/mol. The fraction of sp³-hybridized carbons (Fsp3) is 0.105. The molecule has 2 aromatic heterocycles. The number of hydrogen-bond acceptors (Lipinski definition) is 5. The maximum atomic E-state index is 13.1. The Labute approximate surface area is 190 Å². The predicted molar refractivity (Wildman–Crippen MR) is 110 cm³/mol. The van der Waals surface area contributed by atoms with Crippen LogP contribution in [-0.4, -0.2) is 19.2 Å². The van der Waals surface area contributed by atoms with E-state index in [1.807, 2.05) is 4.72 Å². The average molecular weight is 506 g/mol. The lowest BCUT2D eigenvalue weighted by Gasteiger charge is -2.14. The summed E-state index contributed by atoms with van der Waals surface area (Å²) < 4.78 is 67.5. The zero-order chi connectivity index (χ0) is 23.8. The zero-order valence-corrected chi connectivity index (χ0v) is 18.3. The molecule has 3 rings (SSSR count). The molecule has 1 N–H and O–H groups in total. The molecule has 3 aromatic rings. The minimum atomic E-state index is -4.88. The third-order valence-electron chi connectivity index (χ3n) is 4.23. The van der Waals surface area contributed by atoms with Crippen LogP contribution < -0.4 is 9.45 Å². The second-order valence-corrected chi connectivity index (χ2v) is 9.03. The van der Waals surface area contributed by atoms with Gasteiger partial charge in [0, 0.05) is 30.8 Å². The Hall–Kier alpha value is -2.89. The van der Waals surface area contributed by atoms with E-state index < -0.39 is 37.5 Å². The van der Waals surface area contributed by atoms with Gasteiger partial charge in [-0.1, -0.05) is 23.2 Å². The number of hydrogen-bond donors (Lipinski definition) is 1. The first-order valence-corrected chi connectivity index (χ1v) is 10.8. The number of ketones is 1. The van der Waals surface area contributed by atoms with Crippen molar-refractivity contribution in [3.8, 4) is 0 Å². The van der Waals surface area contributed by atoms with Crippen molar-refractivity contribution in [3.63, 3.8) is 0 Å². The van der Waals surface area contributed by atoms with Crippen LogP contribution in [0.5, 0.6) is 0 Å². The molecule has 0 aliphatic carbocycles. The molecule has 0 aliphatic heterocycles. The molecule has 0 aliphatic rings. The quantitative estimate of drug-likeness (QED) is 0.314. The first-order chi connectivity index (χ1) is 14.8. The van der Waals surface area contributed by atoms with Crippen molar-refractivity contribution in [3.05, 3.63) is 86.6 Å². The van der Waals surface area contributed by atoms with E-state index >= 15 is 0 Å². The molecule has 0 bridgehead atoms. The smallest absolute Gasteiger partial charge is 0.417 e. The van der Waals surface area contributed by atoms with Crippen LogP contribution in [0.15, 0.2) is 53.7 Å². The molecule has 0 saturated heterocycles. The van der Waals surface area contributed by atoms with E-state index in [9.17, 15) is 31.6 Å². The summed E-state index contributed by atoms with van der Waals surface area (Å²) in [5.41, 5.74) is -1.83. The summed E-state index contributed by atoms with van der Waals surface area (Å²) in [6.07, 6.45) is -2.69. The van der Waals surface area contributed by atoms with Crippen LogP contribution in [0.4, 0.5) is 18.9 Å². The fourth-order valence-electron chi connectivity index (χ4n) is 2.67. The first kappa shape index (κ1) is 23.8. The minimum absolute atomic E-state index is 0.0343. The van der Waals surface area contributed by atoms with Crippen molar-refractivity contribution in [1.29, 1.82) is 0 Å². The van der Waals surface area contributed by atoms with E-state index in [-0.39, 0.29) is 27.7 Å². The molecule has 13 heteroatoms. The number of nitrogens with one attached hydrogen (secondary N) is 1. The van der Waals surface area contributed by atoms with Crippen LogP contribution in [0, 0.1) is 12.1 Å². The Bertz CT molecular complexity index is 1330. The third-order valence-corrected chi connectivity index (χ3v) is 6.13. The molecule has 0 radical (unpaired) electrons. The van der Waals surface area contributed by atoms with Crippen LogP contribution in [0.2, 0.25) is 10.0 Å². The number of anilines is 1. The highest BCUT2D eigenvalue weighted by atomic mass is 35.5. The molecule has 2 heterocycles. The van der Waals surface area contributed by atoms with E-state index in [0.717, 1.165) is 30.6 Å². The molecule has 1 aromatic carbocycles. The number of halogens is 5. The molecule has 0 saturated carbocycles. The maximum absolute atomic E-state index is 13.1. The van der Waals surface area contributed by atoms with Gasteiger partial charge in [-0.15, -0.1) is 0 Å². The number of carbonyl (C=O) groups excluding carboxylic acids is 1. The van der Waals surface area contributed by atoms with Crippen molar-refractivity contribution < 1.29 is 31.1 Å². The number of sulfonamides is 1. The van der Waals surface area contributed by atoms with Crippen LogP contribution in [0.1, 0.15) is 27.3 Å². The molecule has 0 fully saturated rings. The van der Waals surface area contributed by atoms with Gasteiger partial charge in [-0.05, 0) is 24.3 Å². The lowest BCUT2D eigenvalue weighted by Crippen LogP contribution is -2.29. The van der Waals surface area contributed by atoms with Gasteiger partial charge in [0.05, 0.1) is 26.2 Å². The Morgan fingerprint density at radius 1 is 1.16 bits per heavy atom. The van der Waals surface area contributed by atoms with Crippen molar-refractivity contribution in [1.82, 2.24) is 4.98 Å². The van der Waals surface area contributed by atoms with Gasteiger partial charge in [0.2, 0.25) is 5.78 Å². The highest BCUT2D eigenvalue weighted by Crippen LogP contribution is 2.36. The van der Waals surface area contributed by atoms with Gasteiger partial charge < -0.3 is 5.21 Å². The summed E-state index contributed by atoms with van der Waals surface area (Å²) in [6, 6.07) is 5.63. The predicted octanol–water partition coefficient (Wildman–Crippen LogP) is 4.38. The lowest BCUT2D eigenvalue weighted by atomic mass is 10.1. The van der Waals surface area contributed by atoms with E-state index in [1.54, 1.807) is 0 Å². The number of benzene rings is 1. The Morgan fingerprint density at radius 2 is 1.84 bits per heavy atom. The summed E-state index contributed by atoms with van der Waals surface area (Å²) in [5.74, 6) is -0.741. The van der Waals surface area contributed by atoms with Gasteiger partial charge in [-0.2, -0.15) is 17.9 Å². The van der Waals surface area contributed by atoms with E-state index in [2.05, 4.69) is 4.98 Å². The molecule has 7 nitrogen and oxygen atoms in total. The van der Waals surface area contributed by atoms with Gasteiger partial charge in [0.15, 0.2) is 11.9 Å². The topological polar surface area (TPSA) is 103 Å². The van der Waals surface area contributed by atoms with Gasteiger partial charge >= 0.3 is 6.18 Å². The molecule has 32 heavy (non-hydrogen) atoms. The number of rotatable bonds is 5. The van der Waals surface area contributed by atoms with Crippen LogP contribution in [0.3, 0.4) is 0 Å². The highest BCUT2D eigenvalue weighted by molar-refractivity contribution is 7.92. The van der Waals surface area contributed by atoms with Gasteiger partial charge in [-0.3, -0.25) is 9.52 Å². The standard InChI is InChI=1S/C19H12Cl2F3N3O4S/c1-10-6-11(4-5-27(10)29)18(28)17-16(7-12(20)9-25-17)26-32(30,31)13-2-3-15(21)14(8-13)19(22,23)24/h2-9,26H,1H3. The number of pyridine rings is 2. The van der Waals surface area contributed by atoms with Crippen molar-refractivity contribution in [2.75, 3.05) is 4.72 Å². The Balaban J connectivity index is 2.05. The van der Waals surface area contributed by atoms with Gasteiger partial charge in [-0.25, -0.2) is 13.4 Å². The largest absolute Gasteiger partial charge is 0.619 e.